The summed E-state index contributed by atoms with van der Waals surface area (Å²) in [6.45, 7) is 8.23. The Bertz CT molecular complexity index is 1700. The number of nitrogens with two attached hydrogens (primary N) is 1. The monoisotopic (exact) mass is 600 g/mol. The van der Waals surface area contributed by atoms with Gasteiger partial charge in [0, 0.05) is 73.9 Å². The van der Waals surface area contributed by atoms with Gasteiger partial charge in [0.05, 0.1) is 12.2 Å². The number of nitrogens with one attached hydrogen (secondary N) is 2. The first-order chi connectivity index (χ1) is 21.1. The van der Waals surface area contributed by atoms with E-state index in [0.717, 1.165) is 41.7 Å². The van der Waals surface area contributed by atoms with E-state index >= 15 is 0 Å². The molecule has 44 heavy (non-hydrogen) atoms. The molecule has 1 amide bonds. The lowest BCUT2D eigenvalue weighted by Crippen LogP contribution is -2.63. The van der Waals surface area contributed by atoms with Crippen LogP contribution in [0.5, 0.6) is 5.75 Å². The van der Waals surface area contributed by atoms with Crippen LogP contribution in [0.25, 0.3) is 11.0 Å². The van der Waals surface area contributed by atoms with Crippen LogP contribution >= 0.6 is 0 Å². The summed E-state index contributed by atoms with van der Waals surface area (Å²) in [7, 11) is 1.92. The maximum atomic E-state index is 13.4. The van der Waals surface area contributed by atoms with Gasteiger partial charge in [-0.3, -0.25) is 4.79 Å². The third kappa shape index (κ3) is 5.11. The minimum atomic E-state index is -1.09. The molecule has 4 heterocycles. The van der Waals surface area contributed by atoms with Gasteiger partial charge in [0.25, 0.3) is 0 Å². The molecule has 10 nitrogen and oxygen atoms in total. The highest BCUT2D eigenvalue weighted by Gasteiger charge is 2.62. The van der Waals surface area contributed by atoms with E-state index in [0.29, 0.717) is 48.0 Å². The highest BCUT2D eigenvalue weighted by molar-refractivity contribution is 5.88. The van der Waals surface area contributed by atoms with Crippen LogP contribution in [0, 0.1) is 11.8 Å². The molecule has 6 rings (SSSR count). The molecule has 1 aliphatic carbocycles. The molecule has 3 atom stereocenters. The van der Waals surface area contributed by atoms with Gasteiger partial charge in [0.15, 0.2) is 11.2 Å². The second-order valence-electron chi connectivity index (χ2n) is 12.5. The topological polar surface area (TPSA) is 136 Å². The number of carbonyl (C=O) groups excluding carboxylic acids is 2. The predicted molar refractivity (Wildman–Crippen MR) is 167 cm³/mol. The van der Waals surface area contributed by atoms with Crippen molar-refractivity contribution in [1.29, 1.82) is 0 Å². The molecule has 3 aliphatic heterocycles. The number of likely N-dealkylation sites (tertiary alicyclic amines) is 1. The molecule has 1 spiro atoms. The minimum absolute atomic E-state index is 0.0733. The molecule has 10 heteroatoms. The highest BCUT2D eigenvalue weighted by atomic mass is 16.6. The van der Waals surface area contributed by atoms with E-state index in [2.05, 4.69) is 16.7 Å². The van der Waals surface area contributed by atoms with Crippen LogP contribution in [0.3, 0.4) is 0 Å². The summed E-state index contributed by atoms with van der Waals surface area (Å²) in [5.41, 5.74) is 7.37. The minimum Gasteiger partial charge on any atom is -0.481 e. The Balaban J connectivity index is 1.43. The second kappa shape index (κ2) is 11.3. The third-order valence-electron chi connectivity index (χ3n) is 9.58. The Hall–Kier alpha value is -4.31. The summed E-state index contributed by atoms with van der Waals surface area (Å²) in [6, 6.07) is 6.84. The van der Waals surface area contributed by atoms with Crippen molar-refractivity contribution >= 4 is 22.8 Å². The number of hydrogen-bond donors (Lipinski definition) is 3. The van der Waals surface area contributed by atoms with Gasteiger partial charge in [-0.25, -0.2) is 9.59 Å². The molecule has 0 saturated carbocycles. The van der Waals surface area contributed by atoms with Crippen LogP contribution in [0.4, 0.5) is 0 Å². The largest absolute Gasteiger partial charge is 0.481 e. The molecule has 1 fully saturated rings. The zero-order valence-electron chi connectivity index (χ0n) is 25.7. The number of amides is 1. The number of ether oxygens (including phenoxy) is 2. The zero-order chi connectivity index (χ0) is 31.2. The maximum Gasteiger partial charge on any atom is 0.336 e. The van der Waals surface area contributed by atoms with Crippen molar-refractivity contribution < 1.29 is 23.5 Å². The van der Waals surface area contributed by atoms with E-state index in [9.17, 15) is 14.4 Å². The second-order valence-corrected chi connectivity index (χ2v) is 12.5. The van der Waals surface area contributed by atoms with Crippen LogP contribution < -0.4 is 26.7 Å². The summed E-state index contributed by atoms with van der Waals surface area (Å²) in [5, 5.41) is 7.17. The van der Waals surface area contributed by atoms with E-state index in [-0.39, 0.29) is 12.3 Å². The fourth-order valence-corrected chi connectivity index (χ4v) is 6.92. The summed E-state index contributed by atoms with van der Waals surface area (Å²) >= 11 is 0. The third-order valence-corrected chi connectivity index (χ3v) is 9.58. The number of nitrogens with zero attached hydrogens (tertiary/aromatic N) is 1. The SMILES string of the molecule is C/C=C(\C)C(=O)O[C@]1(C)CC=C[C@H](C2=C(CC(=O)N3CC(CNC)C3)CNC(N)=C2)[C@]12Cc1cc3ccc(=O)oc3cc1O2. The van der Waals surface area contributed by atoms with Crippen LogP contribution in [-0.2, 0) is 20.7 Å². The smallest absolute Gasteiger partial charge is 0.336 e. The number of benzene rings is 1. The molecular weight excluding hydrogens is 560 g/mol. The van der Waals surface area contributed by atoms with Gasteiger partial charge in [-0.1, -0.05) is 18.2 Å². The normalized spacial score (nSPS) is 26.6. The van der Waals surface area contributed by atoms with Crippen molar-refractivity contribution in [3.8, 4) is 5.75 Å². The first-order valence-electron chi connectivity index (χ1n) is 15.2. The molecule has 1 aromatic heterocycles. The number of dihydropyridines is 1. The fraction of sp³-hybridized carbons (Fsp3) is 0.441. The van der Waals surface area contributed by atoms with Crippen molar-refractivity contribution in [1.82, 2.24) is 15.5 Å². The van der Waals surface area contributed by atoms with Gasteiger partial charge in [-0.05, 0) is 62.7 Å². The van der Waals surface area contributed by atoms with E-state index in [1.807, 2.05) is 37.1 Å². The molecule has 4 aliphatic rings. The Labute approximate surface area is 256 Å². The number of carbonyl (C=O) groups is 2. The molecule has 0 radical (unpaired) electrons. The van der Waals surface area contributed by atoms with Gasteiger partial charge in [-0.15, -0.1) is 0 Å². The quantitative estimate of drug-likeness (QED) is 0.190. The fourth-order valence-electron chi connectivity index (χ4n) is 6.92. The molecule has 4 N–H and O–H groups in total. The van der Waals surface area contributed by atoms with Gasteiger partial charge in [-0.2, -0.15) is 0 Å². The summed E-state index contributed by atoms with van der Waals surface area (Å²) in [4.78, 5) is 40.6. The van der Waals surface area contributed by atoms with Gasteiger partial charge < -0.3 is 35.2 Å². The van der Waals surface area contributed by atoms with Crippen molar-refractivity contribution in [2.24, 2.45) is 17.6 Å². The number of hydrogen-bond acceptors (Lipinski definition) is 9. The summed E-state index contributed by atoms with van der Waals surface area (Å²) in [5.74, 6) is 0.775. The Kier molecular flexibility index (Phi) is 7.65. The predicted octanol–water partition coefficient (Wildman–Crippen LogP) is 3.08. The summed E-state index contributed by atoms with van der Waals surface area (Å²) in [6.07, 6.45) is 8.82. The standard InChI is InChI=1S/C34H40N4O6/c1-5-20(2)32(41)44-33(3)10-6-7-26(34(33)15-23-11-22-8-9-31(40)42-27(22)14-28(23)43-34)25-13-29(35)37-17-24(25)12-30(39)38-18-21(19-38)16-36-4/h5-9,11,13-14,21,26,36-37H,10,12,15-19,35H2,1-4H3/b20-5+/t26-,33-,34-/m1/s1. The Morgan fingerprint density at radius 3 is 2.82 bits per heavy atom. The average Bonchev–Trinajstić information content (AvgIpc) is 3.34. The maximum absolute atomic E-state index is 13.4. The molecule has 232 valence electrons. The lowest BCUT2D eigenvalue weighted by molar-refractivity contribution is -0.185. The highest BCUT2D eigenvalue weighted by Crippen LogP contribution is 2.54. The van der Waals surface area contributed by atoms with Crippen molar-refractivity contribution in [3.05, 3.63) is 87.1 Å². The van der Waals surface area contributed by atoms with Crippen molar-refractivity contribution in [2.45, 2.75) is 51.2 Å². The zero-order valence-corrected chi connectivity index (χ0v) is 25.7. The van der Waals surface area contributed by atoms with E-state index < -0.39 is 28.7 Å². The molecule has 1 saturated heterocycles. The van der Waals surface area contributed by atoms with E-state index in [1.54, 1.807) is 32.1 Å². The van der Waals surface area contributed by atoms with Crippen LogP contribution in [0.2, 0.25) is 0 Å². The van der Waals surface area contributed by atoms with Crippen LogP contribution in [0.15, 0.2) is 80.3 Å². The Morgan fingerprint density at radius 2 is 2.07 bits per heavy atom. The average molecular weight is 601 g/mol. The van der Waals surface area contributed by atoms with Crippen LogP contribution in [-0.4, -0.2) is 61.2 Å². The van der Waals surface area contributed by atoms with Gasteiger partial charge in [0.2, 0.25) is 5.91 Å². The Morgan fingerprint density at radius 1 is 1.27 bits per heavy atom. The van der Waals surface area contributed by atoms with Crippen molar-refractivity contribution in [3.63, 3.8) is 0 Å². The van der Waals surface area contributed by atoms with E-state index in [1.165, 1.54) is 6.07 Å². The summed E-state index contributed by atoms with van der Waals surface area (Å²) < 4.78 is 18.8. The van der Waals surface area contributed by atoms with Gasteiger partial charge >= 0.3 is 11.6 Å². The van der Waals surface area contributed by atoms with Crippen molar-refractivity contribution in [2.75, 3.05) is 33.2 Å². The lowest BCUT2D eigenvalue weighted by atomic mass is 9.63. The first-order valence-corrected chi connectivity index (χ1v) is 15.2. The van der Waals surface area contributed by atoms with E-state index in [4.69, 9.17) is 19.6 Å². The number of esters is 1. The van der Waals surface area contributed by atoms with Crippen LogP contribution in [0.1, 0.15) is 39.2 Å². The molecule has 1 aromatic carbocycles. The number of rotatable bonds is 7. The van der Waals surface area contributed by atoms with Gasteiger partial charge in [0.1, 0.15) is 11.3 Å². The lowest BCUT2D eigenvalue weighted by Gasteiger charge is -2.51. The number of allylic oxidation sites excluding steroid dienone is 2. The molecule has 0 unspecified atom stereocenters. The molecule has 0 bridgehead atoms. The number of fused-ring (bicyclic) bond motifs is 2. The molecule has 2 aromatic rings. The molecular formula is C34H40N4O6. The first kappa shape index (κ1) is 29.7.